The molecule has 1 aromatic rings. The van der Waals surface area contributed by atoms with Crippen LogP contribution in [0.5, 0.6) is 0 Å². The molecule has 102 valence electrons. The Hall–Kier alpha value is -0.330. The predicted molar refractivity (Wildman–Crippen MR) is 74.7 cm³/mol. The lowest BCUT2D eigenvalue weighted by atomic mass is 10.2. The van der Waals surface area contributed by atoms with E-state index in [9.17, 15) is 8.42 Å². The van der Waals surface area contributed by atoms with Gasteiger partial charge in [-0.2, -0.15) is 0 Å². The van der Waals surface area contributed by atoms with E-state index >= 15 is 0 Å². The van der Waals surface area contributed by atoms with Crippen LogP contribution in [0.1, 0.15) is 18.9 Å². The van der Waals surface area contributed by atoms with Gasteiger partial charge in [-0.05, 0) is 31.2 Å². The summed E-state index contributed by atoms with van der Waals surface area (Å²) in [5, 5.41) is 3.47. The van der Waals surface area contributed by atoms with E-state index in [-0.39, 0.29) is 9.92 Å². The summed E-state index contributed by atoms with van der Waals surface area (Å²) in [5.41, 5.74) is 0.656. The largest absolute Gasteiger partial charge is 0.316 e. The molecular formula is C11H16Cl2N2O2S. The van der Waals surface area contributed by atoms with Crippen LogP contribution in [0, 0.1) is 0 Å². The van der Waals surface area contributed by atoms with E-state index in [1.54, 1.807) is 13.1 Å². The predicted octanol–water partition coefficient (Wildman–Crippen LogP) is 2.40. The van der Waals surface area contributed by atoms with Crippen LogP contribution < -0.4 is 10.0 Å². The molecule has 4 nitrogen and oxygen atoms in total. The molecule has 0 spiro atoms. The maximum atomic E-state index is 12.0. The Morgan fingerprint density at radius 2 is 1.94 bits per heavy atom. The monoisotopic (exact) mass is 310 g/mol. The number of hydrogen-bond donors (Lipinski definition) is 2. The van der Waals surface area contributed by atoms with Crippen LogP contribution in [0.3, 0.4) is 0 Å². The second kappa shape index (κ2) is 6.73. The maximum Gasteiger partial charge on any atom is 0.242 e. The van der Waals surface area contributed by atoms with E-state index < -0.39 is 10.0 Å². The van der Waals surface area contributed by atoms with E-state index in [1.165, 1.54) is 6.07 Å². The Morgan fingerprint density at radius 3 is 2.50 bits per heavy atom. The van der Waals surface area contributed by atoms with E-state index in [0.29, 0.717) is 30.1 Å². The molecule has 0 heterocycles. The molecule has 0 aromatic heterocycles. The molecule has 18 heavy (non-hydrogen) atoms. The zero-order valence-corrected chi connectivity index (χ0v) is 12.6. The third-order valence-corrected chi connectivity index (χ3v) is 4.54. The summed E-state index contributed by atoms with van der Waals surface area (Å²) in [6.45, 7) is 2.71. The van der Waals surface area contributed by atoms with Crippen molar-refractivity contribution < 1.29 is 8.42 Å². The molecule has 0 aliphatic rings. The number of nitrogens with one attached hydrogen (secondary N) is 2. The molecule has 0 fully saturated rings. The van der Waals surface area contributed by atoms with Crippen molar-refractivity contribution in [1.29, 1.82) is 0 Å². The van der Waals surface area contributed by atoms with Gasteiger partial charge in [-0.1, -0.05) is 30.1 Å². The fourth-order valence-corrected chi connectivity index (χ4v) is 3.51. The van der Waals surface area contributed by atoms with Crippen LogP contribution in [-0.4, -0.2) is 22.0 Å². The minimum absolute atomic E-state index is 0.0235. The lowest BCUT2D eigenvalue weighted by Gasteiger charge is -2.11. The molecule has 0 atom stereocenters. The van der Waals surface area contributed by atoms with Gasteiger partial charge in [-0.3, -0.25) is 0 Å². The van der Waals surface area contributed by atoms with Crippen LogP contribution in [-0.2, 0) is 16.6 Å². The molecule has 0 amide bonds. The van der Waals surface area contributed by atoms with E-state index in [2.05, 4.69) is 10.0 Å². The first-order chi connectivity index (χ1) is 8.42. The molecule has 0 bridgehead atoms. The molecule has 0 saturated heterocycles. The lowest BCUT2D eigenvalue weighted by Crippen LogP contribution is -2.25. The molecule has 0 aliphatic carbocycles. The van der Waals surface area contributed by atoms with Gasteiger partial charge in [0.1, 0.15) is 4.90 Å². The number of hydrogen-bond acceptors (Lipinski definition) is 3. The highest BCUT2D eigenvalue weighted by molar-refractivity contribution is 7.89. The van der Waals surface area contributed by atoms with Gasteiger partial charge < -0.3 is 5.32 Å². The number of halogens is 2. The van der Waals surface area contributed by atoms with Crippen molar-refractivity contribution in [2.75, 3.05) is 13.6 Å². The van der Waals surface area contributed by atoms with Crippen molar-refractivity contribution in [2.24, 2.45) is 0 Å². The molecule has 0 unspecified atom stereocenters. The summed E-state index contributed by atoms with van der Waals surface area (Å²) in [4.78, 5) is 0.0235. The molecule has 0 aliphatic heterocycles. The molecule has 1 aromatic carbocycles. The minimum atomic E-state index is -3.61. The number of rotatable bonds is 6. The molecule has 1 rings (SSSR count). The highest BCUT2D eigenvalue weighted by Crippen LogP contribution is 2.29. The Kier molecular flexibility index (Phi) is 5.88. The van der Waals surface area contributed by atoms with Gasteiger partial charge in [0.05, 0.1) is 5.02 Å². The van der Waals surface area contributed by atoms with Gasteiger partial charge in [0.25, 0.3) is 0 Å². The third-order valence-electron chi connectivity index (χ3n) is 2.28. The first kappa shape index (κ1) is 15.7. The van der Waals surface area contributed by atoms with Crippen molar-refractivity contribution in [1.82, 2.24) is 10.0 Å². The van der Waals surface area contributed by atoms with Gasteiger partial charge in [0.2, 0.25) is 10.0 Å². The second-order valence-corrected chi connectivity index (χ2v) is 6.35. The average molecular weight is 311 g/mol. The molecule has 0 radical (unpaired) electrons. The molecular weight excluding hydrogens is 295 g/mol. The SMILES string of the molecule is CCCNS(=O)(=O)c1cc(Cl)cc(CNC)c1Cl. The molecule has 0 saturated carbocycles. The van der Waals surface area contributed by atoms with Crippen molar-refractivity contribution in [3.05, 3.63) is 27.7 Å². The number of sulfonamides is 1. The van der Waals surface area contributed by atoms with E-state index in [4.69, 9.17) is 23.2 Å². The van der Waals surface area contributed by atoms with Crippen LogP contribution >= 0.6 is 23.2 Å². The highest BCUT2D eigenvalue weighted by Gasteiger charge is 2.20. The fraction of sp³-hybridized carbons (Fsp3) is 0.455. The fourth-order valence-electron chi connectivity index (χ4n) is 1.45. The third kappa shape index (κ3) is 3.83. The summed E-state index contributed by atoms with van der Waals surface area (Å²) in [5.74, 6) is 0. The summed E-state index contributed by atoms with van der Waals surface area (Å²) in [6.07, 6.45) is 0.709. The van der Waals surface area contributed by atoms with Crippen LogP contribution in [0.25, 0.3) is 0 Å². The minimum Gasteiger partial charge on any atom is -0.316 e. The van der Waals surface area contributed by atoms with Crippen LogP contribution in [0.15, 0.2) is 17.0 Å². The summed E-state index contributed by atoms with van der Waals surface area (Å²) < 4.78 is 26.6. The van der Waals surface area contributed by atoms with Gasteiger partial charge in [0.15, 0.2) is 0 Å². The summed E-state index contributed by atoms with van der Waals surface area (Å²) >= 11 is 12.0. The highest BCUT2D eigenvalue weighted by atomic mass is 35.5. The van der Waals surface area contributed by atoms with Gasteiger partial charge in [-0.25, -0.2) is 13.1 Å². The topological polar surface area (TPSA) is 58.2 Å². The van der Waals surface area contributed by atoms with Gasteiger partial charge in [-0.15, -0.1) is 0 Å². The van der Waals surface area contributed by atoms with Crippen molar-refractivity contribution >= 4 is 33.2 Å². The van der Waals surface area contributed by atoms with Crippen molar-refractivity contribution in [3.8, 4) is 0 Å². The standard InChI is InChI=1S/C11H16Cl2N2O2S/c1-3-4-15-18(16,17)10-6-9(12)5-8(7-14-2)11(10)13/h5-6,14-15H,3-4,7H2,1-2H3. The van der Waals surface area contributed by atoms with Crippen molar-refractivity contribution in [3.63, 3.8) is 0 Å². The zero-order valence-electron chi connectivity index (χ0n) is 10.3. The first-order valence-corrected chi connectivity index (χ1v) is 7.78. The molecule has 2 N–H and O–H groups in total. The van der Waals surface area contributed by atoms with Crippen LogP contribution in [0.2, 0.25) is 10.0 Å². The Bertz CT molecular complexity index is 518. The van der Waals surface area contributed by atoms with Gasteiger partial charge >= 0.3 is 0 Å². The number of benzene rings is 1. The van der Waals surface area contributed by atoms with Crippen molar-refractivity contribution in [2.45, 2.75) is 24.8 Å². The quantitative estimate of drug-likeness (QED) is 0.848. The van der Waals surface area contributed by atoms with E-state index in [0.717, 1.165) is 0 Å². The normalized spacial score (nSPS) is 11.8. The smallest absolute Gasteiger partial charge is 0.242 e. The Morgan fingerprint density at radius 1 is 1.28 bits per heavy atom. The Balaban J connectivity index is 3.23. The zero-order chi connectivity index (χ0) is 13.8. The van der Waals surface area contributed by atoms with Crippen LogP contribution in [0.4, 0.5) is 0 Å². The average Bonchev–Trinajstić information content (AvgIpc) is 2.31. The lowest BCUT2D eigenvalue weighted by molar-refractivity contribution is 0.580. The summed E-state index contributed by atoms with van der Waals surface area (Å²) in [6, 6.07) is 3.01. The molecule has 7 heteroatoms. The Labute approximate surface area is 118 Å². The summed E-state index contributed by atoms with van der Waals surface area (Å²) in [7, 11) is -1.86. The second-order valence-electron chi connectivity index (χ2n) is 3.81. The first-order valence-electron chi connectivity index (χ1n) is 5.54. The maximum absolute atomic E-state index is 12.0. The van der Waals surface area contributed by atoms with Gasteiger partial charge in [0, 0.05) is 18.1 Å². The van der Waals surface area contributed by atoms with E-state index in [1.807, 2.05) is 6.92 Å².